The molecular weight excluding hydrogens is 332 g/mol. The van der Waals surface area contributed by atoms with Crippen LogP contribution in [0.15, 0.2) is 71.1 Å². The number of aryl methyl sites for hydroxylation is 2. The smallest absolute Gasteiger partial charge is 0.364 e. The molecular formula is C25H21O2+. The summed E-state index contributed by atoms with van der Waals surface area (Å²) in [6, 6.07) is 23.4. The molecule has 0 fully saturated rings. The highest BCUT2D eigenvalue weighted by molar-refractivity contribution is 5.98. The average Bonchev–Trinajstić information content (AvgIpc) is 2.72. The topological polar surface area (TPSA) is 20.5 Å². The standard InChI is InChI=1S/C25H21O2/c1-16-8-13-23-22(14-16)24(17-6-4-3-5-7-17)21-11-9-18-15-19(26-2)10-12-20(18)25(21)27-23/h3-8,10,12-15H,9,11H2,1-2H3/q+1. The lowest BCUT2D eigenvalue weighted by Crippen LogP contribution is -2.07. The Kier molecular flexibility index (Phi) is 3.71. The minimum atomic E-state index is 0.900. The Morgan fingerprint density at radius 3 is 2.56 bits per heavy atom. The molecule has 0 spiro atoms. The highest BCUT2D eigenvalue weighted by Gasteiger charge is 2.32. The molecule has 1 heterocycles. The SMILES string of the molecule is COc1ccc2c(c1)CCc1c-2[o+]c2ccc(C)cc2c1-c1ccccc1. The molecule has 4 aromatic rings. The molecule has 0 saturated heterocycles. The van der Waals surface area contributed by atoms with Gasteiger partial charge in [0.2, 0.25) is 0 Å². The summed E-state index contributed by atoms with van der Waals surface area (Å²) in [7, 11) is 1.71. The van der Waals surface area contributed by atoms with Crippen molar-refractivity contribution in [2.75, 3.05) is 7.11 Å². The summed E-state index contributed by atoms with van der Waals surface area (Å²) in [5, 5.41) is 1.19. The van der Waals surface area contributed by atoms with E-state index in [0.717, 1.165) is 29.9 Å². The third-order valence-electron chi connectivity index (χ3n) is 5.46. The lowest BCUT2D eigenvalue weighted by Gasteiger charge is -2.17. The van der Waals surface area contributed by atoms with Crippen LogP contribution in [0, 0.1) is 6.92 Å². The van der Waals surface area contributed by atoms with Crippen LogP contribution in [0.25, 0.3) is 33.4 Å². The van der Waals surface area contributed by atoms with Gasteiger partial charge in [0.1, 0.15) is 5.75 Å². The van der Waals surface area contributed by atoms with E-state index in [4.69, 9.17) is 9.15 Å². The van der Waals surface area contributed by atoms with Crippen LogP contribution in [-0.2, 0) is 12.8 Å². The zero-order valence-corrected chi connectivity index (χ0v) is 15.6. The monoisotopic (exact) mass is 353 g/mol. The maximum Gasteiger partial charge on any atom is 0.364 e. The van der Waals surface area contributed by atoms with E-state index >= 15 is 0 Å². The van der Waals surface area contributed by atoms with Gasteiger partial charge in [-0.05, 0) is 66.8 Å². The normalized spacial score (nSPS) is 12.5. The van der Waals surface area contributed by atoms with E-state index in [9.17, 15) is 0 Å². The first kappa shape index (κ1) is 16.1. The van der Waals surface area contributed by atoms with E-state index in [1.807, 2.05) is 6.07 Å². The van der Waals surface area contributed by atoms with Gasteiger partial charge in [0.25, 0.3) is 0 Å². The molecule has 0 saturated carbocycles. The van der Waals surface area contributed by atoms with Crippen LogP contribution in [0.4, 0.5) is 0 Å². The van der Waals surface area contributed by atoms with Crippen LogP contribution < -0.4 is 4.74 Å². The molecule has 3 aromatic carbocycles. The van der Waals surface area contributed by atoms with Crippen LogP contribution in [0.3, 0.4) is 0 Å². The zero-order chi connectivity index (χ0) is 18.4. The van der Waals surface area contributed by atoms with Crippen molar-refractivity contribution in [3.05, 3.63) is 83.4 Å². The summed E-state index contributed by atoms with van der Waals surface area (Å²) >= 11 is 0. The van der Waals surface area contributed by atoms with Gasteiger partial charge in [-0.2, -0.15) is 0 Å². The van der Waals surface area contributed by atoms with Gasteiger partial charge in [-0.3, -0.25) is 0 Å². The number of rotatable bonds is 2. The Balaban J connectivity index is 1.86. The van der Waals surface area contributed by atoms with Crippen molar-refractivity contribution >= 4 is 11.0 Å². The number of hydrogen-bond donors (Lipinski definition) is 0. The first-order chi connectivity index (χ1) is 13.2. The molecule has 2 nitrogen and oxygen atoms in total. The molecule has 0 bridgehead atoms. The third-order valence-corrected chi connectivity index (χ3v) is 5.46. The van der Waals surface area contributed by atoms with Crippen molar-refractivity contribution < 1.29 is 9.15 Å². The molecule has 1 aliphatic rings. The summed E-state index contributed by atoms with van der Waals surface area (Å²) < 4.78 is 11.9. The van der Waals surface area contributed by atoms with E-state index in [-0.39, 0.29) is 0 Å². The zero-order valence-electron chi connectivity index (χ0n) is 15.6. The van der Waals surface area contributed by atoms with Crippen molar-refractivity contribution in [2.24, 2.45) is 0 Å². The van der Waals surface area contributed by atoms with Gasteiger partial charge in [-0.25, -0.2) is 4.42 Å². The third kappa shape index (κ3) is 2.60. The fraction of sp³-hybridized carbons (Fsp3) is 0.160. The van der Waals surface area contributed by atoms with Gasteiger partial charge in [0.15, 0.2) is 0 Å². The first-order valence-corrected chi connectivity index (χ1v) is 9.36. The highest BCUT2D eigenvalue weighted by atomic mass is 16.5. The van der Waals surface area contributed by atoms with Gasteiger partial charge in [-0.1, -0.05) is 30.3 Å². The molecule has 0 radical (unpaired) electrons. The Bertz CT molecular complexity index is 1160. The van der Waals surface area contributed by atoms with Gasteiger partial charge >= 0.3 is 11.3 Å². The van der Waals surface area contributed by atoms with Crippen molar-refractivity contribution in [1.82, 2.24) is 0 Å². The highest BCUT2D eigenvalue weighted by Crippen LogP contribution is 2.44. The summed E-state index contributed by atoms with van der Waals surface area (Å²) in [6.45, 7) is 2.13. The number of methoxy groups -OCH3 is 1. The molecule has 132 valence electrons. The van der Waals surface area contributed by atoms with Crippen LogP contribution in [0.2, 0.25) is 0 Å². The summed E-state index contributed by atoms with van der Waals surface area (Å²) in [5.74, 6) is 1.89. The second-order valence-electron chi connectivity index (χ2n) is 7.17. The Labute approximate surface area is 159 Å². The Hall–Kier alpha value is -3.13. The van der Waals surface area contributed by atoms with Gasteiger partial charge in [-0.15, -0.1) is 0 Å². The number of ether oxygens (including phenoxy) is 1. The Morgan fingerprint density at radius 2 is 1.74 bits per heavy atom. The van der Waals surface area contributed by atoms with E-state index in [1.165, 1.54) is 38.8 Å². The minimum Gasteiger partial charge on any atom is -0.497 e. The van der Waals surface area contributed by atoms with Crippen LogP contribution in [0.5, 0.6) is 5.75 Å². The molecule has 5 rings (SSSR count). The van der Waals surface area contributed by atoms with Crippen molar-refractivity contribution in [2.45, 2.75) is 19.8 Å². The molecule has 1 aliphatic carbocycles. The van der Waals surface area contributed by atoms with Crippen LogP contribution >= 0.6 is 0 Å². The van der Waals surface area contributed by atoms with Crippen molar-refractivity contribution in [3.8, 4) is 28.2 Å². The maximum atomic E-state index is 6.46. The van der Waals surface area contributed by atoms with Crippen LogP contribution in [-0.4, -0.2) is 7.11 Å². The lowest BCUT2D eigenvalue weighted by molar-refractivity contribution is 0.414. The molecule has 0 amide bonds. The molecule has 27 heavy (non-hydrogen) atoms. The van der Waals surface area contributed by atoms with Gasteiger partial charge < -0.3 is 4.74 Å². The van der Waals surface area contributed by atoms with E-state index in [0.29, 0.717) is 0 Å². The van der Waals surface area contributed by atoms with Gasteiger partial charge in [0, 0.05) is 11.6 Å². The first-order valence-electron chi connectivity index (χ1n) is 9.36. The van der Waals surface area contributed by atoms with E-state index < -0.39 is 0 Å². The molecule has 0 atom stereocenters. The van der Waals surface area contributed by atoms with E-state index in [2.05, 4.69) is 67.6 Å². The predicted molar refractivity (Wildman–Crippen MR) is 110 cm³/mol. The summed E-state index contributed by atoms with van der Waals surface area (Å²) in [4.78, 5) is 0. The summed E-state index contributed by atoms with van der Waals surface area (Å²) in [6.07, 6.45) is 1.96. The lowest BCUT2D eigenvalue weighted by atomic mass is 9.84. The fourth-order valence-corrected chi connectivity index (χ4v) is 4.15. The quantitative estimate of drug-likeness (QED) is 0.385. The summed E-state index contributed by atoms with van der Waals surface area (Å²) in [5.41, 5.74) is 8.50. The molecule has 0 unspecified atom stereocenters. The van der Waals surface area contributed by atoms with Crippen molar-refractivity contribution in [3.63, 3.8) is 0 Å². The number of fused-ring (bicyclic) bond motifs is 4. The second-order valence-corrected chi connectivity index (χ2v) is 7.17. The largest absolute Gasteiger partial charge is 0.497 e. The molecule has 0 N–H and O–H groups in total. The molecule has 2 heteroatoms. The Morgan fingerprint density at radius 1 is 0.889 bits per heavy atom. The number of benzene rings is 3. The predicted octanol–water partition coefficient (Wildman–Crippen LogP) is 6.46. The maximum absolute atomic E-state index is 6.46. The number of hydrogen-bond acceptors (Lipinski definition) is 1. The average molecular weight is 353 g/mol. The van der Waals surface area contributed by atoms with Crippen molar-refractivity contribution in [1.29, 1.82) is 0 Å². The minimum absolute atomic E-state index is 0.900. The van der Waals surface area contributed by atoms with E-state index in [1.54, 1.807) is 7.11 Å². The molecule has 1 aromatic heterocycles. The van der Waals surface area contributed by atoms with Gasteiger partial charge in [0.05, 0.1) is 23.6 Å². The van der Waals surface area contributed by atoms with Crippen LogP contribution in [0.1, 0.15) is 16.7 Å². The second kappa shape index (κ2) is 6.24. The fourth-order valence-electron chi connectivity index (χ4n) is 4.15. The molecule has 0 aliphatic heterocycles.